The first-order valence-corrected chi connectivity index (χ1v) is 7.62. The summed E-state index contributed by atoms with van der Waals surface area (Å²) in [5, 5.41) is 8.94. The predicted molar refractivity (Wildman–Crippen MR) is 91.4 cm³/mol. The van der Waals surface area contributed by atoms with Crippen molar-refractivity contribution in [1.29, 1.82) is 5.26 Å². The molecular weight excluding hydrogens is 300 g/mol. The second kappa shape index (κ2) is 6.88. The van der Waals surface area contributed by atoms with E-state index in [0.29, 0.717) is 29.6 Å². The maximum absolute atomic E-state index is 12.6. The molecule has 5 heteroatoms. The molecule has 0 aliphatic carbocycles. The van der Waals surface area contributed by atoms with Gasteiger partial charge in [0.25, 0.3) is 5.91 Å². The predicted octanol–water partition coefficient (Wildman–Crippen LogP) is 2.82. The molecule has 2 aromatic carbocycles. The molecule has 0 bridgehead atoms. The summed E-state index contributed by atoms with van der Waals surface area (Å²) in [6.45, 7) is 0.576. The van der Waals surface area contributed by atoms with Gasteiger partial charge in [0.05, 0.1) is 22.7 Å². The molecule has 118 valence electrons. The molecule has 0 atom stereocenters. The van der Waals surface area contributed by atoms with Gasteiger partial charge in [-0.15, -0.1) is 0 Å². The average Bonchev–Trinajstić information content (AvgIpc) is 2.65. The van der Waals surface area contributed by atoms with E-state index in [1.54, 1.807) is 48.6 Å². The highest BCUT2D eigenvalue weighted by molar-refractivity contribution is 5.97. The summed E-state index contributed by atoms with van der Waals surface area (Å²) in [4.78, 5) is 22.7. The van der Waals surface area contributed by atoms with Gasteiger partial charge < -0.3 is 4.90 Å². The van der Waals surface area contributed by atoms with E-state index in [-0.39, 0.29) is 5.91 Å². The number of nitrogens with zero attached hydrogens (tertiary/aromatic N) is 4. The second-order valence-electron chi connectivity index (χ2n) is 5.55. The fraction of sp³-hybridized carbons (Fsp3) is 0.158. The number of amides is 1. The lowest BCUT2D eigenvalue weighted by Gasteiger charge is -2.17. The monoisotopic (exact) mass is 316 g/mol. The minimum absolute atomic E-state index is 0.0565. The van der Waals surface area contributed by atoms with E-state index >= 15 is 0 Å². The Kier molecular flexibility index (Phi) is 4.48. The summed E-state index contributed by atoms with van der Waals surface area (Å²) in [5.74, 6) is -0.0565. The summed E-state index contributed by atoms with van der Waals surface area (Å²) >= 11 is 0. The number of fused-ring (bicyclic) bond motifs is 1. The van der Waals surface area contributed by atoms with E-state index in [1.165, 1.54) is 0 Å². The number of carbonyl (C=O) groups is 1. The average molecular weight is 316 g/mol. The van der Waals surface area contributed by atoms with Crippen LogP contribution in [0.3, 0.4) is 0 Å². The van der Waals surface area contributed by atoms with Crippen molar-refractivity contribution in [1.82, 2.24) is 14.9 Å². The van der Waals surface area contributed by atoms with Gasteiger partial charge in [-0.05, 0) is 42.3 Å². The van der Waals surface area contributed by atoms with Crippen LogP contribution in [-0.4, -0.2) is 34.4 Å². The highest BCUT2D eigenvalue weighted by atomic mass is 16.2. The zero-order valence-corrected chi connectivity index (χ0v) is 13.3. The first-order valence-electron chi connectivity index (χ1n) is 7.62. The molecule has 0 saturated carbocycles. The summed E-state index contributed by atoms with van der Waals surface area (Å²) in [7, 11) is 1.78. The van der Waals surface area contributed by atoms with E-state index in [1.807, 2.05) is 18.2 Å². The molecule has 0 spiro atoms. The van der Waals surface area contributed by atoms with Crippen molar-refractivity contribution >= 4 is 16.9 Å². The largest absolute Gasteiger partial charge is 0.341 e. The normalized spacial score (nSPS) is 10.3. The Labute approximate surface area is 140 Å². The van der Waals surface area contributed by atoms with Crippen LogP contribution in [0.4, 0.5) is 0 Å². The molecule has 24 heavy (non-hydrogen) atoms. The molecule has 0 radical (unpaired) electrons. The van der Waals surface area contributed by atoms with Gasteiger partial charge in [-0.25, -0.2) is 0 Å². The Morgan fingerprint density at radius 2 is 1.92 bits per heavy atom. The Morgan fingerprint density at radius 3 is 2.71 bits per heavy atom. The lowest BCUT2D eigenvalue weighted by molar-refractivity contribution is 0.0797. The smallest absolute Gasteiger partial charge is 0.253 e. The Balaban J connectivity index is 1.70. The number of hydrogen-bond acceptors (Lipinski definition) is 4. The zero-order chi connectivity index (χ0) is 16.9. The lowest BCUT2D eigenvalue weighted by atomic mass is 10.1. The van der Waals surface area contributed by atoms with Crippen LogP contribution in [0.1, 0.15) is 21.5 Å². The number of rotatable bonds is 4. The number of hydrogen-bond donors (Lipinski definition) is 0. The third-order valence-corrected chi connectivity index (χ3v) is 3.85. The summed E-state index contributed by atoms with van der Waals surface area (Å²) in [6, 6.07) is 14.9. The minimum atomic E-state index is -0.0565. The highest BCUT2D eigenvalue weighted by Crippen LogP contribution is 2.13. The van der Waals surface area contributed by atoms with Gasteiger partial charge in [-0.2, -0.15) is 5.26 Å². The molecule has 0 aliphatic heterocycles. The number of nitriles is 1. The Hall–Kier alpha value is -3.26. The van der Waals surface area contributed by atoms with Crippen LogP contribution in [0.25, 0.3) is 11.0 Å². The number of carbonyl (C=O) groups excluding carboxylic acids is 1. The SMILES string of the molecule is CN(CCc1cccc(C#N)c1)C(=O)c1ccc2nccnc2c1. The Bertz CT molecular complexity index is 930. The summed E-state index contributed by atoms with van der Waals surface area (Å²) in [5.41, 5.74) is 3.74. The number of aromatic nitrogens is 2. The first kappa shape index (κ1) is 15.6. The minimum Gasteiger partial charge on any atom is -0.341 e. The molecule has 5 nitrogen and oxygen atoms in total. The van der Waals surface area contributed by atoms with Crippen molar-refractivity contribution in [3.05, 3.63) is 71.5 Å². The van der Waals surface area contributed by atoms with Crippen molar-refractivity contribution < 1.29 is 4.79 Å². The molecule has 1 amide bonds. The van der Waals surface area contributed by atoms with Crippen molar-refractivity contribution in [3.8, 4) is 6.07 Å². The summed E-state index contributed by atoms with van der Waals surface area (Å²) < 4.78 is 0. The van der Waals surface area contributed by atoms with E-state index in [4.69, 9.17) is 5.26 Å². The lowest BCUT2D eigenvalue weighted by Crippen LogP contribution is -2.28. The number of benzene rings is 2. The van der Waals surface area contributed by atoms with Crippen LogP contribution >= 0.6 is 0 Å². The van der Waals surface area contributed by atoms with Crippen LogP contribution in [0, 0.1) is 11.3 Å². The molecule has 1 aromatic heterocycles. The Morgan fingerprint density at radius 1 is 1.12 bits per heavy atom. The molecule has 0 aliphatic rings. The van der Waals surface area contributed by atoms with E-state index in [0.717, 1.165) is 11.1 Å². The van der Waals surface area contributed by atoms with E-state index < -0.39 is 0 Å². The van der Waals surface area contributed by atoms with Gasteiger partial charge in [-0.3, -0.25) is 14.8 Å². The van der Waals surface area contributed by atoms with Crippen LogP contribution in [-0.2, 0) is 6.42 Å². The van der Waals surface area contributed by atoms with Crippen LogP contribution in [0.15, 0.2) is 54.9 Å². The summed E-state index contributed by atoms with van der Waals surface area (Å²) in [6.07, 6.45) is 3.94. The van der Waals surface area contributed by atoms with E-state index in [9.17, 15) is 4.79 Å². The maximum atomic E-state index is 12.6. The fourth-order valence-electron chi connectivity index (χ4n) is 2.51. The third kappa shape index (κ3) is 3.39. The van der Waals surface area contributed by atoms with Gasteiger partial charge in [0.2, 0.25) is 0 Å². The van der Waals surface area contributed by atoms with Gasteiger partial charge in [0, 0.05) is 31.5 Å². The quantitative estimate of drug-likeness (QED) is 0.742. The first-order chi connectivity index (χ1) is 11.7. The van der Waals surface area contributed by atoms with Crippen molar-refractivity contribution in [2.24, 2.45) is 0 Å². The molecule has 3 rings (SSSR count). The van der Waals surface area contributed by atoms with Gasteiger partial charge in [0.1, 0.15) is 0 Å². The van der Waals surface area contributed by atoms with E-state index in [2.05, 4.69) is 16.0 Å². The van der Waals surface area contributed by atoms with Crippen molar-refractivity contribution in [2.45, 2.75) is 6.42 Å². The maximum Gasteiger partial charge on any atom is 0.253 e. The van der Waals surface area contributed by atoms with Crippen LogP contribution in [0.2, 0.25) is 0 Å². The van der Waals surface area contributed by atoms with Gasteiger partial charge >= 0.3 is 0 Å². The van der Waals surface area contributed by atoms with Gasteiger partial charge in [-0.1, -0.05) is 12.1 Å². The van der Waals surface area contributed by atoms with Gasteiger partial charge in [0.15, 0.2) is 0 Å². The molecular formula is C19H16N4O. The molecule has 3 aromatic rings. The standard InChI is InChI=1S/C19H16N4O/c1-23(10-7-14-3-2-4-15(11-14)13-20)19(24)16-5-6-17-18(12-16)22-9-8-21-17/h2-6,8-9,11-12H,7,10H2,1H3. The number of likely N-dealkylation sites (N-methyl/N-ethyl adjacent to an activating group) is 1. The fourth-order valence-corrected chi connectivity index (χ4v) is 2.51. The molecule has 0 fully saturated rings. The molecule has 0 N–H and O–H groups in total. The van der Waals surface area contributed by atoms with Crippen molar-refractivity contribution in [3.63, 3.8) is 0 Å². The molecule has 1 heterocycles. The third-order valence-electron chi connectivity index (χ3n) is 3.85. The highest BCUT2D eigenvalue weighted by Gasteiger charge is 2.12. The second-order valence-corrected chi connectivity index (χ2v) is 5.55. The zero-order valence-electron chi connectivity index (χ0n) is 13.3. The molecule has 0 saturated heterocycles. The molecule has 0 unspecified atom stereocenters. The topological polar surface area (TPSA) is 69.9 Å². The van der Waals surface area contributed by atoms with Crippen LogP contribution in [0.5, 0.6) is 0 Å². The van der Waals surface area contributed by atoms with Crippen molar-refractivity contribution in [2.75, 3.05) is 13.6 Å². The van der Waals surface area contributed by atoms with Crippen LogP contribution < -0.4 is 0 Å².